The standard InChI is InChI=1S/C22H27FN2O2.C2H6/c1-3-22-17(2)25(15-18(22)16-26)12-4-11-24-13-9-21(10-14-24)27-20-7-5-19(23)6-8-20;1-2/h3,5-8,15-16,21H,2,4,9-14H2,1H3;1-2H3/b22-3+;. The zero-order valence-electron chi connectivity index (χ0n) is 17.9. The molecule has 0 aliphatic carbocycles. The predicted octanol–water partition coefficient (Wildman–Crippen LogP) is 3.61. The van der Waals surface area contributed by atoms with E-state index in [1.54, 1.807) is 12.1 Å². The average Bonchev–Trinajstić information content (AvgIpc) is 3.07. The molecule has 0 bridgehead atoms. The number of benzene rings is 1. The summed E-state index contributed by atoms with van der Waals surface area (Å²) in [4.78, 5) is 13.6. The fourth-order valence-corrected chi connectivity index (χ4v) is 3.68. The van der Waals surface area contributed by atoms with Gasteiger partial charge in [0.05, 0.1) is 0 Å². The minimum Gasteiger partial charge on any atom is -0.490 e. The van der Waals surface area contributed by atoms with Crippen LogP contribution in [0.5, 0.6) is 5.75 Å². The van der Waals surface area contributed by atoms with Gasteiger partial charge in [-0.05, 0) is 57.0 Å². The molecule has 1 aliphatic rings. The summed E-state index contributed by atoms with van der Waals surface area (Å²) in [5.74, 6) is 0.495. The van der Waals surface area contributed by atoms with Gasteiger partial charge in [0.15, 0.2) is 6.29 Å². The lowest BCUT2D eigenvalue weighted by Crippen LogP contribution is -2.39. The van der Waals surface area contributed by atoms with Crippen LogP contribution in [-0.2, 0) is 6.54 Å². The highest BCUT2D eigenvalue weighted by Crippen LogP contribution is 2.19. The number of aryl methyl sites for hydroxylation is 1. The smallest absolute Gasteiger partial charge is 0.152 e. The van der Waals surface area contributed by atoms with Gasteiger partial charge in [0.25, 0.3) is 0 Å². The molecule has 5 heteroatoms. The summed E-state index contributed by atoms with van der Waals surface area (Å²) in [5.41, 5.74) is 0.709. The lowest BCUT2D eigenvalue weighted by atomic mass is 10.1. The Morgan fingerprint density at radius 1 is 1.17 bits per heavy atom. The van der Waals surface area contributed by atoms with E-state index in [1.165, 1.54) is 12.1 Å². The maximum atomic E-state index is 13.0. The number of nitrogens with zero attached hydrogens (tertiary/aromatic N) is 2. The molecule has 1 aromatic heterocycles. The van der Waals surface area contributed by atoms with Gasteiger partial charge in [0.2, 0.25) is 0 Å². The van der Waals surface area contributed by atoms with Crippen molar-refractivity contribution in [2.75, 3.05) is 19.6 Å². The number of carbonyl (C=O) groups excluding carboxylic acids is 1. The molecule has 0 radical (unpaired) electrons. The van der Waals surface area contributed by atoms with Crippen LogP contribution in [0.2, 0.25) is 0 Å². The minimum absolute atomic E-state index is 0.195. The first-order valence-electron chi connectivity index (χ1n) is 10.5. The molecule has 1 fully saturated rings. The topological polar surface area (TPSA) is 34.5 Å². The lowest BCUT2D eigenvalue weighted by molar-refractivity contribution is 0.0991. The first kappa shape index (κ1) is 22.9. The summed E-state index contributed by atoms with van der Waals surface area (Å²) in [6, 6.07) is 6.23. The van der Waals surface area contributed by atoms with Gasteiger partial charge in [-0.2, -0.15) is 0 Å². The maximum Gasteiger partial charge on any atom is 0.152 e. The Bertz CT molecular complexity index is 866. The molecular weight excluding hydrogens is 367 g/mol. The molecule has 0 N–H and O–H groups in total. The predicted molar refractivity (Wildman–Crippen MR) is 117 cm³/mol. The molecule has 4 nitrogen and oxygen atoms in total. The van der Waals surface area contributed by atoms with E-state index in [0.717, 1.165) is 68.0 Å². The minimum atomic E-state index is -0.241. The first-order chi connectivity index (χ1) is 14.1. The molecule has 0 atom stereocenters. The Kier molecular flexibility index (Phi) is 9.13. The van der Waals surface area contributed by atoms with E-state index in [0.29, 0.717) is 5.56 Å². The van der Waals surface area contributed by atoms with Gasteiger partial charge in [-0.1, -0.05) is 26.5 Å². The Hall–Kier alpha value is -2.40. The van der Waals surface area contributed by atoms with Gasteiger partial charge in [0.1, 0.15) is 17.7 Å². The molecule has 2 aromatic rings. The van der Waals surface area contributed by atoms with Crippen LogP contribution >= 0.6 is 0 Å². The second kappa shape index (κ2) is 11.6. The molecule has 3 rings (SSSR count). The van der Waals surface area contributed by atoms with Gasteiger partial charge in [-0.15, -0.1) is 0 Å². The summed E-state index contributed by atoms with van der Waals surface area (Å²) in [6.07, 6.45) is 7.90. The number of rotatable bonds is 7. The summed E-state index contributed by atoms with van der Waals surface area (Å²) in [6.45, 7) is 13.9. The van der Waals surface area contributed by atoms with Crippen LogP contribution in [0.15, 0.2) is 30.5 Å². The van der Waals surface area contributed by atoms with E-state index < -0.39 is 0 Å². The van der Waals surface area contributed by atoms with Crippen molar-refractivity contribution < 1.29 is 13.9 Å². The van der Waals surface area contributed by atoms with E-state index in [2.05, 4.69) is 16.0 Å². The number of halogens is 1. The van der Waals surface area contributed by atoms with Crippen molar-refractivity contribution >= 4 is 18.9 Å². The van der Waals surface area contributed by atoms with E-state index in [1.807, 2.05) is 33.0 Å². The maximum absolute atomic E-state index is 13.0. The zero-order chi connectivity index (χ0) is 21.2. The van der Waals surface area contributed by atoms with Crippen LogP contribution in [0.25, 0.3) is 12.7 Å². The van der Waals surface area contributed by atoms with Crippen molar-refractivity contribution in [1.29, 1.82) is 0 Å². The number of aromatic nitrogens is 1. The van der Waals surface area contributed by atoms with Crippen LogP contribution in [0.3, 0.4) is 0 Å². The summed E-state index contributed by atoms with van der Waals surface area (Å²) in [7, 11) is 0. The van der Waals surface area contributed by atoms with E-state index in [-0.39, 0.29) is 11.9 Å². The van der Waals surface area contributed by atoms with Gasteiger partial charge < -0.3 is 14.2 Å². The second-order valence-corrected chi connectivity index (χ2v) is 7.01. The van der Waals surface area contributed by atoms with E-state index in [9.17, 15) is 9.18 Å². The molecule has 1 aliphatic heterocycles. The SMILES string of the molecule is C=c1/c(=C\C)c(C=O)cn1CCCN1CCC(Oc2ccc(F)cc2)CC1.CC. The van der Waals surface area contributed by atoms with Crippen molar-refractivity contribution in [2.24, 2.45) is 0 Å². The molecule has 0 amide bonds. The number of ether oxygens (including phenoxy) is 1. The van der Waals surface area contributed by atoms with Gasteiger partial charge in [-0.25, -0.2) is 4.39 Å². The number of piperidine rings is 1. The van der Waals surface area contributed by atoms with Crippen molar-refractivity contribution in [2.45, 2.75) is 52.7 Å². The highest BCUT2D eigenvalue weighted by atomic mass is 19.1. The van der Waals surface area contributed by atoms with Crippen molar-refractivity contribution in [3.63, 3.8) is 0 Å². The third-order valence-corrected chi connectivity index (χ3v) is 5.20. The molecule has 158 valence electrons. The molecule has 2 heterocycles. The molecule has 0 saturated carbocycles. The normalized spacial score (nSPS) is 15.7. The Morgan fingerprint density at radius 3 is 2.38 bits per heavy atom. The van der Waals surface area contributed by atoms with Gasteiger partial charge >= 0.3 is 0 Å². The molecule has 0 unspecified atom stereocenters. The van der Waals surface area contributed by atoms with E-state index >= 15 is 0 Å². The summed E-state index contributed by atoms with van der Waals surface area (Å²) < 4.78 is 21.0. The second-order valence-electron chi connectivity index (χ2n) is 7.01. The third kappa shape index (κ3) is 6.29. The Labute approximate surface area is 173 Å². The Morgan fingerprint density at radius 2 is 1.83 bits per heavy atom. The van der Waals surface area contributed by atoms with Crippen LogP contribution in [0, 0.1) is 5.82 Å². The van der Waals surface area contributed by atoms with E-state index in [4.69, 9.17) is 4.74 Å². The largest absolute Gasteiger partial charge is 0.490 e. The third-order valence-electron chi connectivity index (χ3n) is 5.20. The highest BCUT2D eigenvalue weighted by Gasteiger charge is 2.20. The molecule has 0 spiro atoms. The molecule has 1 saturated heterocycles. The first-order valence-corrected chi connectivity index (χ1v) is 10.5. The van der Waals surface area contributed by atoms with Crippen molar-refractivity contribution in [3.8, 4) is 5.75 Å². The Balaban J connectivity index is 0.00000145. The fourth-order valence-electron chi connectivity index (χ4n) is 3.68. The van der Waals surface area contributed by atoms with Crippen LogP contribution in [0.1, 0.15) is 50.4 Å². The number of likely N-dealkylation sites (tertiary alicyclic amines) is 1. The average molecular weight is 401 g/mol. The zero-order valence-corrected chi connectivity index (χ0v) is 17.9. The highest BCUT2D eigenvalue weighted by molar-refractivity contribution is 5.75. The van der Waals surface area contributed by atoms with Crippen LogP contribution in [0.4, 0.5) is 4.39 Å². The van der Waals surface area contributed by atoms with Gasteiger partial charge in [0, 0.05) is 42.0 Å². The van der Waals surface area contributed by atoms with Crippen molar-refractivity contribution in [3.05, 3.63) is 52.4 Å². The summed E-state index contributed by atoms with van der Waals surface area (Å²) in [5, 5.41) is 1.84. The number of hydrogen-bond acceptors (Lipinski definition) is 3. The molecule has 1 aromatic carbocycles. The van der Waals surface area contributed by atoms with Crippen LogP contribution in [-0.4, -0.2) is 41.5 Å². The molecule has 29 heavy (non-hydrogen) atoms. The van der Waals surface area contributed by atoms with Crippen molar-refractivity contribution in [1.82, 2.24) is 9.47 Å². The monoisotopic (exact) mass is 400 g/mol. The number of carbonyl (C=O) groups is 1. The van der Waals surface area contributed by atoms with Gasteiger partial charge in [-0.3, -0.25) is 4.79 Å². The lowest BCUT2D eigenvalue weighted by Gasteiger charge is -2.32. The fraction of sp³-hybridized carbons (Fsp3) is 0.458. The number of hydrogen-bond donors (Lipinski definition) is 0. The molecular formula is C24H33FN2O2. The summed E-state index contributed by atoms with van der Waals surface area (Å²) >= 11 is 0. The quantitative estimate of drug-likeness (QED) is 0.666. The van der Waals surface area contributed by atoms with Crippen LogP contribution < -0.4 is 15.3 Å². The number of aldehydes is 1.